The van der Waals surface area contributed by atoms with Gasteiger partial charge in [-0.2, -0.15) is 9.61 Å². The highest BCUT2D eigenvalue weighted by atomic mass is 19.1. The van der Waals surface area contributed by atoms with E-state index in [-0.39, 0.29) is 23.1 Å². The molecule has 2 aliphatic rings. The Labute approximate surface area is 187 Å². The highest BCUT2D eigenvalue weighted by Crippen LogP contribution is 2.32. The van der Waals surface area contributed by atoms with Crippen molar-refractivity contribution in [2.75, 3.05) is 10.6 Å². The summed E-state index contributed by atoms with van der Waals surface area (Å²) in [5.74, 6) is 0.570. The van der Waals surface area contributed by atoms with Gasteiger partial charge in [0.2, 0.25) is 5.88 Å². The molecule has 13 heteroatoms. The maximum Gasteiger partial charge on any atom is 0.257 e. The summed E-state index contributed by atoms with van der Waals surface area (Å²) in [4.78, 5) is 21.4. The van der Waals surface area contributed by atoms with Gasteiger partial charge in [-0.1, -0.05) is 5.24 Å². The Kier molecular flexibility index (Phi) is 4.98. The van der Waals surface area contributed by atoms with Crippen LogP contribution in [0.25, 0.3) is 5.65 Å². The van der Waals surface area contributed by atoms with Gasteiger partial charge in [-0.05, 0) is 25.0 Å². The summed E-state index contributed by atoms with van der Waals surface area (Å²) in [6, 6.07) is 4.63. The molecular formula is C19H17B3FN7O2. The number of nitrogens with zero attached hydrogens (tertiary/aromatic N) is 4. The maximum atomic E-state index is 13.2. The van der Waals surface area contributed by atoms with Crippen molar-refractivity contribution in [1.82, 2.24) is 24.9 Å². The van der Waals surface area contributed by atoms with E-state index in [0.29, 0.717) is 23.8 Å². The summed E-state index contributed by atoms with van der Waals surface area (Å²) in [5, 5.41) is 10.9. The molecule has 156 valence electrons. The van der Waals surface area contributed by atoms with Crippen molar-refractivity contribution in [3.05, 3.63) is 36.2 Å². The first kappa shape index (κ1) is 20.7. The van der Waals surface area contributed by atoms with Gasteiger partial charge in [0.25, 0.3) is 5.91 Å². The first-order valence-electron chi connectivity index (χ1n) is 10.1. The first-order valence-corrected chi connectivity index (χ1v) is 10.1. The number of pyridine rings is 1. The van der Waals surface area contributed by atoms with Crippen LogP contribution in [0.5, 0.6) is 5.88 Å². The van der Waals surface area contributed by atoms with E-state index in [1.165, 1.54) is 10.7 Å². The zero-order valence-electron chi connectivity index (χ0n) is 17.0. The highest BCUT2D eigenvalue weighted by molar-refractivity contribution is 6.60. The number of hydrogen-bond acceptors (Lipinski definition) is 7. The van der Waals surface area contributed by atoms with Crippen molar-refractivity contribution >= 4 is 52.4 Å². The number of halogens is 1. The van der Waals surface area contributed by atoms with Crippen LogP contribution < -0.4 is 20.7 Å². The topological polar surface area (TPSA) is 105 Å². The van der Waals surface area contributed by atoms with Gasteiger partial charge in [0.15, 0.2) is 5.65 Å². The van der Waals surface area contributed by atoms with E-state index in [0.717, 1.165) is 12.8 Å². The minimum atomic E-state index is -1.76. The monoisotopic (exact) mass is 427 g/mol. The van der Waals surface area contributed by atoms with Crippen LogP contribution in [0.3, 0.4) is 0 Å². The Balaban J connectivity index is 1.52. The predicted molar refractivity (Wildman–Crippen MR) is 119 cm³/mol. The van der Waals surface area contributed by atoms with Crippen molar-refractivity contribution in [3.8, 4) is 5.88 Å². The van der Waals surface area contributed by atoms with Crippen LogP contribution in [0.2, 0.25) is 0 Å². The van der Waals surface area contributed by atoms with Crippen LogP contribution in [0.1, 0.15) is 29.6 Å². The fourth-order valence-corrected chi connectivity index (χ4v) is 3.12. The lowest BCUT2D eigenvalue weighted by molar-refractivity contribution is 0.0949. The molecule has 0 spiro atoms. The van der Waals surface area contributed by atoms with E-state index in [2.05, 4.69) is 31.0 Å². The molecule has 0 aromatic carbocycles. The Hall–Kier alpha value is -3.24. The molecule has 1 amide bonds. The van der Waals surface area contributed by atoms with Crippen LogP contribution in [0.15, 0.2) is 30.6 Å². The van der Waals surface area contributed by atoms with Crippen LogP contribution in [-0.2, 0) is 0 Å². The van der Waals surface area contributed by atoms with Crippen LogP contribution >= 0.6 is 0 Å². The van der Waals surface area contributed by atoms with Crippen molar-refractivity contribution in [2.24, 2.45) is 0 Å². The third kappa shape index (κ3) is 4.51. The van der Waals surface area contributed by atoms with E-state index in [1.807, 2.05) is 0 Å². The van der Waals surface area contributed by atoms with Gasteiger partial charge in [-0.15, -0.1) is 0 Å². The number of ether oxygens (including phenoxy) is 1. The van der Waals surface area contributed by atoms with E-state index in [1.54, 1.807) is 24.4 Å². The molecule has 0 saturated heterocycles. The maximum absolute atomic E-state index is 13.2. The molecule has 0 bridgehead atoms. The molecule has 2 atom stereocenters. The van der Waals surface area contributed by atoms with E-state index >= 15 is 0 Å². The predicted octanol–water partition coefficient (Wildman–Crippen LogP) is 0.778. The largest absolute Gasteiger partial charge is 0.473 e. The number of nitrogens with one attached hydrogen (secondary N) is 3. The Morgan fingerprint density at radius 2 is 2.09 bits per heavy atom. The zero-order valence-corrected chi connectivity index (χ0v) is 17.0. The SMILES string of the molecule is [B]C([B])([B])Nc1cc(Nc2cccnc2OC2CC2)nc2c(C(=O)N[C@H]3C[C@H]3F)cnn12. The molecule has 3 N–H and O–H groups in total. The molecule has 6 radical (unpaired) electrons. The van der Waals surface area contributed by atoms with Crippen LogP contribution in [0.4, 0.5) is 21.7 Å². The highest BCUT2D eigenvalue weighted by Gasteiger charge is 2.39. The fourth-order valence-electron chi connectivity index (χ4n) is 3.12. The number of amides is 1. The van der Waals surface area contributed by atoms with E-state index in [4.69, 9.17) is 28.3 Å². The van der Waals surface area contributed by atoms with Gasteiger partial charge in [0.1, 0.15) is 35.2 Å². The number of fused-ring (bicyclic) bond motifs is 1. The van der Waals surface area contributed by atoms with E-state index in [9.17, 15) is 9.18 Å². The second-order valence-electron chi connectivity index (χ2n) is 8.01. The third-order valence-electron chi connectivity index (χ3n) is 4.93. The molecule has 2 fully saturated rings. The third-order valence-corrected chi connectivity index (χ3v) is 4.93. The Morgan fingerprint density at radius 1 is 1.31 bits per heavy atom. The molecule has 3 heterocycles. The second kappa shape index (κ2) is 7.72. The molecule has 2 saturated carbocycles. The number of carbonyl (C=O) groups excluding carboxylic acids is 1. The van der Waals surface area contributed by atoms with Gasteiger partial charge in [-0.25, -0.2) is 14.4 Å². The lowest BCUT2D eigenvalue weighted by atomic mass is 9.49. The standard InChI is InChI=1S/C19H17B3FN7O2/c20-19(21,22)29-15-7-14(26-12-2-1-5-24-18(12)32-9-3-4-9)28-16-10(8-25-30(15)16)17(31)27-13-6-11(13)23/h1-2,5,7-9,11,13,29H,3-4,6H2,(H,26,28)(H,27,31)/t11-,13+/m1/s1. The fraction of sp³-hybridized carbons (Fsp3) is 0.368. The number of aromatic nitrogens is 4. The minimum Gasteiger partial charge on any atom is -0.473 e. The Morgan fingerprint density at radius 3 is 2.78 bits per heavy atom. The van der Waals surface area contributed by atoms with Gasteiger partial charge in [-0.3, -0.25) is 4.79 Å². The molecule has 3 aromatic rings. The molecule has 5 rings (SSSR count). The summed E-state index contributed by atoms with van der Waals surface area (Å²) < 4.78 is 20.4. The molecule has 9 nitrogen and oxygen atoms in total. The lowest BCUT2D eigenvalue weighted by Crippen LogP contribution is -2.40. The molecule has 0 unspecified atom stereocenters. The van der Waals surface area contributed by atoms with Crippen molar-refractivity contribution in [3.63, 3.8) is 0 Å². The van der Waals surface area contributed by atoms with Gasteiger partial charge in [0.05, 0.1) is 35.8 Å². The van der Waals surface area contributed by atoms with Crippen molar-refractivity contribution in [2.45, 2.75) is 42.8 Å². The number of carbonyl (C=O) groups is 1. The van der Waals surface area contributed by atoms with Gasteiger partial charge < -0.3 is 20.7 Å². The molecule has 0 aliphatic heterocycles. The summed E-state index contributed by atoms with van der Waals surface area (Å²) in [6.45, 7) is 0. The van der Waals surface area contributed by atoms with Gasteiger partial charge >= 0.3 is 0 Å². The van der Waals surface area contributed by atoms with Crippen LogP contribution in [0, 0.1) is 0 Å². The average molecular weight is 427 g/mol. The zero-order chi connectivity index (χ0) is 22.5. The normalized spacial score (nSPS) is 20.0. The molecule has 3 aromatic heterocycles. The molecule has 2 aliphatic carbocycles. The summed E-state index contributed by atoms with van der Waals surface area (Å²) >= 11 is 0. The summed E-state index contributed by atoms with van der Waals surface area (Å²) in [6.07, 6.45) is 4.33. The number of hydrogen-bond donors (Lipinski definition) is 3. The number of rotatable bonds is 8. The van der Waals surface area contributed by atoms with E-state index < -0.39 is 23.4 Å². The number of anilines is 3. The Bertz CT molecular complexity index is 1180. The first-order chi connectivity index (χ1) is 15.3. The molecule has 32 heavy (non-hydrogen) atoms. The second-order valence-corrected chi connectivity index (χ2v) is 8.01. The van der Waals surface area contributed by atoms with Crippen LogP contribution in [-0.4, -0.2) is 72.6 Å². The number of alkyl halides is 1. The van der Waals surface area contributed by atoms with Crippen molar-refractivity contribution < 1.29 is 13.9 Å². The summed E-state index contributed by atoms with van der Waals surface area (Å²) in [7, 11) is 17.1. The molecular weight excluding hydrogens is 410 g/mol. The smallest absolute Gasteiger partial charge is 0.257 e. The van der Waals surface area contributed by atoms with Crippen molar-refractivity contribution in [1.29, 1.82) is 0 Å². The minimum absolute atomic E-state index is 0.150. The average Bonchev–Trinajstić information content (AvgIpc) is 3.61. The lowest BCUT2D eigenvalue weighted by Gasteiger charge is -2.24. The quantitative estimate of drug-likeness (QED) is 0.457. The van der Waals surface area contributed by atoms with Gasteiger partial charge in [0, 0.05) is 18.7 Å². The summed E-state index contributed by atoms with van der Waals surface area (Å²) in [5.41, 5.74) is 0.947.